The lowest BCUT2D eigenvalue weighted by Gasteiger charge is -2.38. The van der Waals surface area contributed by atoms with Crippen molar-refractivity contribution >= 4 is 17.6 Å². The Bertz CT molecular complexity index is 1740. The average molecular weight is 679 g/mol. The second-order valence-corrected chi connectivity index (χ2v) is 11.1. The van der Waals surface area contributed by atoms with E-state index in [0.29, 0.717) is 22.5 Å². The van der Waals surface area contributed by atoms with Gasteiger partial charge in [-0.3, -0.25) is 9.59 Å². The van der Waals surface area contributed by atoms with E-state index in [1.165, 1.54) is 17.6 Å². The maximum atomic E-state index is 15.3. The molecule has 5 rings (SSSR count). The summed E-state index contributed by atoms with van der Waals surface area (Å²) in [6.07, 6.45) is -4.93. The zero-order chi connectivity index (χ0) is 35.5. The molecule has 3 aromatic rings. The number of hydrogen-bond donors (Lipinski definition) is 2. The highest BCUT2D eigenvalue weighted by atomic mass is 19.4. The molecule has 0 aliphatic carbocycles. The molecule has 1 saturated heterocycles. The molecule has 3 heterocycles. The van der Waals surface area contributed by atoms with Gasteiger partial charge in [-0.25, -0.2) is 14.2 Å². The van der Waals surface area contributed by atoms with E-state index in [2.05, 4.69) is 10.3 Å². The number of fused-ring (bicyclic) bond motifs is 1. The Hall–Kier alpha value is -4.66. The predicted octanol–water partition coefficient (Wildman–Crippen LogP) is 4.50. The van der Waals surface area contributed by atoms with E-state index < -0.39 is 48.1 Å². The molecule has 2 N–H and O–H groups in total. The highest BCUT2D eigenvalue weighted by Gasteiger charge is 2.45. The molecule has 2 aromatic carbocycles. The first-order valence-electron chi connectivity index (χ1n) is 15.4. The lowest BCUT2D eigenvalue weighted by atomic mass is 9.99. The molecule has 0 spiro atoms. The molecule has 2 aliphatic heterocycles. The van der Waals surface area contributed by atoms with Gasteiger partial charge in [-0.15, -0.1) is 0 Å². The summed E-state index contributed by atoms with van der Waals surface area (Å²) >= 11 is 0. The number of aryl methyl sites for hydroxylation is 2. The van der Waals surface area contributed by atoms with Gasteiger partial charge in [-0.05, 0) is 44.5 Å². The van der Waals surface area contributed by atoms with Gasteiger partial charge >= 0.3 is 12.1 Å². The van der Waals surface area contributed by atoms with Crippen molar-refractivity contribution in [1.29, 1.82) is 0 Å². The topological polar surface area (TPSA) is 132 Å². The summed E-state index contributed by atoms with van der Waals surface area (Å²) in [5.74, 6) is -3.21. The Morgan fingerprint density at radius 3 is 2.38 bits per heavy atom. The van der Waals surface area contributed by atoms with Crippen LogP contribution in [0.1, 0.15) is 46.7 Å². The number of hydrogen-bond acceptors (Lipinski definition) is 8. The van der Waals surface area contributed by atoms with Crippen molar-refractivity contribution in [3.05, 3.63) is 68.5 Å². The van der Waals surface area contributed by atoms with E-state index in [1.54, 1.807) is 33.0 Å². The quantitative estimate of drug-likeness (QED) is 0.347. The number of alkyl halides is 3. The van der Waals surface area contributed by atoms with Crippen molar-refractivity contribution in [2.75, 3.05) is 37.9 Å². The highest BCUT2D eigenvalue weighted by molar-refractivity contribution is 5.98. The number of nitrogens with one attached hydrogen (secondary N) is 1. The minimum atomic E-state index is -4.63. The SMILES string of the molecule is CC.Cc1cc(N2CCOC[C@@H]2C(F)(F)F)cc(F)c1C(=O)N[C@@H](Cc1ccc(-c2nc(C)c(C)n(C)c2=O)c2c1OCCO2)C(=O)O. The van der Waals surface area contributed by atoms with Crippen molar-refractivity contribution in [3.63, 3.8) is 0 Å². The molecule has 15 heteroatoms. The van der Waals surface area contributed by atoms with Crippen LogP contribution in [0.3, 0.4) is 0 Å². The van der Waals surface area contributed by atoms with Gasteiger partial charge in [0.1, 0.15) is 36.8 Å². The first-order valence-corrected chi connectivity index (χ1v) is 15.4. The zero-order valence-electron chi connectivity index (χ0n) is 27.5. The van der Waals surface area contributed by atoms with E-state index in [9.17, 15) is 32.7 Å². The molecule has 2 atom stereocenters. The number of carbonyl (C=O) groups excluding carboxylic acids is 1. The minimum Gasteiger partial charge on any atom is -0.486 e. The van der Waals surface area contributed by atoms with Crippen molar-refractivity contribution in [1.82, 2.24) is 14.9 Å². The van der Waals surface area contributed by atoms with Gasteiger partial charge in [0.15, 0.2) is 11.5 Å². The Balaban J connectivity index is 0.00000255. The Kier molecular flexibility index (Phi) is 11.0. The van der Waals surface area contributed by atoms with Crippen LogP contribution < -0.4 is 25.2 Å². The van der Waals surface area contributed by atoms with Crippen LogP contribution in [0.2, 0.25) is 0 Å². The summed E-state index contributed by atoms with van der Waals surface area (Å²) < 4.78 is 74.2. The fraction of sp³-hybridized carbons (Fsp3) is 0.455. The summed E-state index contributed by atoms with van der Waals surface area (Å²) in [6, 6.07) is 1.63. The molecule has 260 valence electrons. The van der Waals surface area contributed by atoms with Crippen LogP contribution in [0.25, 0.3) is 11.3 Å². The van der Waals surface area contributed by atoms with Crippen LogP contribution in [0, 0.1) is 26.6 Å². The lowest BCUT2D eigenvalue weighted by molar-refractivity contribution is -0.167. The summed E-state index contributed by atoms with van der Waals surface area (Å²) in [5.41, 5.74) is 1.19. The summed E-state index contributed by atoms with van der Waals surface area (Å²) in [5, 5.41) is 12.3. The highest BCUT2D eigenvalue weighted by Crippen LogP contribution is 2.42. The Morgan fingerprint density at radius 1 is 1.08 bits per heavy atom. The Labute approximate surface area is 274 Å². The van der Waals surface area contributed by atoms with Crippen molar-refractivity contribution in [3.8, 4) is 22.8 Å². The van der Waals surface area contributed by atoms with Gasteiger partial charge in [-0.1, -0.05) is 19.9 Å². The van der Waals surface area contributed by atoms with Crippen LogP contribution in [-0.2, 0) is 23.0 Å². The number of carboxylic acids is 1. The molecule has 1 fully saturated rings. The van der Waals surface area contributed by atoms with Crippen LogP contribution in [0.5, 0.6) is 11.5 Å². The molecule has 1 aromatic heterocycles. The molecular formula is C33H38F4N4O7. The third kappa shape index (κ3) is 7.25. The van der Waals surface area contributed by atoms with Crippen LogP contribution in [0.15, 0.2) is 29.1 Å². The van der Waals surface area contributed by atoms with Crippen LogP contribution >= 0.6 is 0 Å². The van der Waals surface area contributed by atoms with Gasteiger partial charge in [0.05, 0.1) is 30.0 Å². The van der Waals surface area contributed by atoms with Crippen molar-refractivity contribution in [2.45, 2.75) is 59.3 Å². The molecule has 1 amide bonds. The number of ether oxygens (including phenoxy) is 3. The molecular weight excluding hydrogens is 640 g/mol. The van der Waals surface area contributed by atoms with E-state index in [1.807, 2.05) is 13.8 Å². The standard InChI is InChI=1S/C31H32F4N4O7.C2H6/c1-15-11-19(39-7-8-44-14-23(39)31(33,34)35)13-21(32)24(15)28(40)37-22(30(42)43)12-18-5-6-20(27-26(18)45-9-10-46-27)25-29(41)38(4)17(3)16(2)36-25;1-2/h5-6,11,13,22-23H,7-10,12,14H2,1-4H3,(H,37,40)(H,42,43);1-2H3/t22-,23+;/m0./s1. The number of anilines is 1. The van der Waals surface area contributed by atoms with Crippen molar-refractivity contribution < 1.29 is 46.5 Å². The number of rotatable bonds is 7. The number of aromatic nitrogens is 2. The zero-order valence-corrected chi connectivity index (χ0v) is 27.5. The minimum absolute atomic E-state index is 0.00698. The van der Waals surface area contributed by atoms with E-state index in [0.717, 1.165) is 11.0 Å². The molecule has 0 radical (unpaired) electrons. The maximum absolute atomic E-state index is 15.3. The second-order valence-electron chi connectivity index (χ2n) is 11.1. The van der Waals surface area contributed by atoms with Gasteiger partial charge in [0.2, 0.25) is 0 Å². The molecule has 11 nitrogen and oxygen atoms in total. The number of carbonyl (C=O) groups is 2. The predicted molar refractivity (Wildman–Crippen MR) is 168 cm³/mol. The first-order chi connectivity index (χ1) is 22.7. The number of amides is 1. The normalized spacial score (nSPS) is 16.5. The van der Waals surface area contributed by atoms with Crippen LogP contribution in [-0.4, -0.2) is 77.8 Å². The van der Waals surface area contributed by atoms with E-state index >= 15 is 4.39 Å². The monoisotopic (exact) mass is 678 g/mol. The van der Waals surface area contributed by atoms with Gasteiger partial charge in [-0.2, -0.15) is 13.2 Å². The molecule has 2 aliphatic rings. The fourth-order valence-corrected chi connectivity index (χ4v) is 5.58. The number of nitrogens with zero attached hydrogens (tertiary/aromatic N) is 3. The number of benzene rings is 2. The first kappa shape index (κ1) is 36.2. The van der Waals surface area contributed by atoms with E-state index in [4.69, 9.17) is 14.2 Å². The summed E-state index contributed by atoms with van der Waals surface area (Å²) in [4.78, 5) is 44.0. The van der Waals surface area contributed by atoms with Gasteiger partial charge < -0.3 is 34.1 Å². The van der Waals surface area contributed by atoms with Crippen molar-refractivity contribution in [2.24, 2.45) is 7.05 Å². The smallest absolute Gasteiger partial charge is 0.411 e. The molecule has 0 saturated carbocycles. The summed E-state index contributed by atoms with van der Waals surface area (Å²) in [6.45, 7) is 8.43. The number of halogens is 4. The second kappa shape index (κ2) is 14.6. The van der Waals surface area contributed by atoms with Crippen LogP contribution in [0.4, 0.5) is 23.2 Å². The molecule has 0 bridgehead atoms. The van der Waals surface area contributed by atoms with E-state index in [-0.39, 0.29) is 66.8 Å². The Morgan fingerprint density at radius 2 is 1.75 bits per heavy atom. The number of morpholine rings is 1. The number of aliphatic carboxylic acids is 1. The third-order valence-corrected chi connectivity index (χ3v) is 8.20. The van der Waals surface area contributed by atoms with Gasteiger partial charge in [0.25, 0.3) is 11.5 Å². The summed E-state index contributed by atoms with van der Waals surface area (Å²) in [7, 11) is 1.62. The molecule has 48 heavy (non-hydrogen) atoms. The fourth-order valence-electron chi connectivity index (χ4n) is 5.58. The number of carboxylic acid groups (broad SMARTS) is 1. The average Bonchev–Trinajstić information content (AvgIpc) is 3.05. The largest absolute Gasteiger partial charge is 0.486 e. The van der Waals surface area contributed by atoms with Gasteiger partial charge in [0, 0.05) is 37.0 Å². The maximum Gasteiger partial charge on any atom is 0.411 e. The third-order valence-electron chi connectivity index (χ3n) is 8.20. The lowest BCUT2D eigenvalue weighted by Crippen LogP contribution is -2.53. The molecule has 0 unspecified atom stereocenters.